The molecular weight excluding hydrogens is 202 g/mol. The quantitative estimate of drug-likeness (QED) is 0.802. The van der Waals surface area contributed by atoms with Crippen LogP contribution < -0.4 is 5.56 Å². The minimum absolute atomic E-state index is 0.0635. The van der Waals surface area contributed by atoms with Gasteiger partial charge in [-0.1, -0.05) is 0 Å². The standard InChI is InChI=1S/C12H17N3O/c1-8-13-11-7-15(6-9-2-3-9)5-4-10(11)12(16)14-8/h9H,2-7H2,1H3,(H,13,14,16). The van der Waals surface area contributed by atoms with E-state index in [0.29, 0.717) is 0 Å². The molecular formula is C12H17N3O. The lowest BCUT2D eigenvalue weighted by molar-refractivity contribution is 0.239. The second kappa shape index (κ2) is 3.70. The van der Waals surface area contributed by atoms with E-state index < -0.39 is 0 Å². The van der Waals surface area contributed by atoms with Gasteiger partial charge in [-0.05, 0) is 32.1 Å². The van der Waals surface area contributed by atoms with E-state index in [9.17, 15) is 4.79 Å². The third kappa shape index (κ3) is 1.89. The molecule has 1 aromatic rings. The number of fused-ring (bicyclic) bond motifs is 1. The van der Waals surface area contributed by atoms with E-state index in [4.69, 9.17) is 0 Å². The van der Waals surface area contributed by atoms with E-state index in [2.05, 4.69) is 14.9 Å². The summed E-state index contributed by atoms with van der Waals surface area (Å²) in [6.45, 7) is 4.91. The molecule has 0 spiro atoms. The molecule has 0 unspecified atom stereocenters. The lowest BCUT2D eigenvalue weighted by atomic mass is 10.1. The molecule has 0 aromatic carbocycles. The van der Waals surface area contributed by atoms with Crippen molar-refractivity contribution in [2.24, 2.45) is 5.92 Å². The van der Waals surface area contributed by atoms with Crippen molar-refractivity contribution in [3.63, 3.8) is 0 Å². The number of hydrogen-bond acceptors (Lipinski definition) is 3. The fraction of sp³-hybridized carbons (Fsp3) is 0.667. The molecule has 0 bridgehead atoms. The molecule has 4 nitrogen and oxygen atoms in total. The zero-order chi connectivity index (χ0) is 11.1. The van der Waals surface area contributed by atoms with Gasteiger partial charge in [-0.15, -0.1) is 0 Å². The Labute approximate surface area is 94.7 Å². The average molecular weight is 219 g/mol. The first-order valence-electron chi connectivity index (χ1n) is 6.03. The number of H-pyrrole nitrogens is 1. The fourth-order valence-corrected chi connectivity index (χ4v) is 2.44. The van der Waals surface area contributed by atoms with Gasteiger partial charge >= 0.3 is 0 Å². The van der Waals surface area contributed by atoms with Gasteiger partial charge in [-0.3, -0.25) is 9.69 Å². The number of aromatic nitrogens is 2. The minimum Gasteiger partial charge on any atom is -0.311 e. The Morgan fingerprint density at radius 2 is 2.31 bits per heavy atom. The Kier molecular flexibility index (Phi) is 2.32. The monoisotopic (exact) mass is 219 g/mol. The summed E-state index contributed by atoms with van der Waals surface area (Å²) >= 11 is 0. The third-order valence-electron chi connectivity index (χ3n) is 3.48. The maximum atomic E-state index is 11.7. The number of aromatic amines is 1. The minimum atomic E-state index is 0.0635. The van der Waals surface area contributed by atoms with E-state index in [0.717, 1.165) is 42.5 Å². The molecule has 0 radical (unpaired) electrons. The van der Waals surface area contributed by atoms with Crippen LogP contribution in [-0.2, 0) is 13.0 Å². The summed E-state index contributed by atoms with van der Waals surface area (Å²) in [5.41, 5.74) is 1.96. The van der Waals surface area contributed by atoms with Crippen molar-refractivity contribution in [3.05, 3.63) is 27.4 Å². The lowest BCUT2D eigenvalue weighted by Crippen LogP contribution is -2.36. The fourth-order valence-electron chi connectivity index (χ4n) is 2.44. The highest BCUT2D eigenvalue weighted by atomic mass is 16.1. The molecule has 3 rings (SSSR count). The molecule has 1 aliphatic carbocycles. The third-order valence-corrected chi connectivity index (χ3v) is 3.48. The van der Waals surface area contributed by atoms with Crippen molar-refractivity contribution in [1.29, 1.82) is 0 Å². The molecule has 1 saturated carbocycles. The predicted octanol–water partition coefficient (Wildman–Crippen LogP) is 0.846. The normalized spacial score (nSPS) is 20.8. The van der Waals surface area contributed by atoms with Gasteiger partial charge in [0.1, 0.15) is 5.82 Å². The summed E-state index contributed by atoms with van der Waals surface area (Å²) < 4.78 is 0. The van der Waals surface area contributed by atoms with E-state index >= 15 is 0 Å². The van der Waals surface area contributed by atoms with Crippen LogP contribution >= 0.6 is 0 Å². The van der Waals surface area contributed by atoms with Crippen molar-refractivity contribution < 1.29 is 0 Å². The Bertz CT molecular complexity index is 462. The predicted molar refractivity (Wildman–Crippen MR) is 61.3 cm³/mol. The second-order valence-electron chi connectivity index (χ2n) is 5.01. The van der Waals surface area contributed by atoms with Crippen LogP contribution in [0.5, 0.6) is 0 Å². The number of aryl methyl sites for hydroxylation is 1. The maximum absolute atomic E-state index is 11.7. The summed E-state index contributed by atoms with van der Waals surface area (Å²) in [6, 6.07) is 0. The molecule has 1 aromatic heterocycles. The summed E-state index contributed by atoms with van der Waals surface area (Å²) in [6.07, 6.45) is 3.61. The van der Waals surface area contributed by atoms with Crippen LogP contribution in [0.25, 0.3) is 0 Å². The Balaban J connectivity index is 1.84. The molecule has 0 atom stereocenters. The molecule has 2 aliphatic rings. The summed E-state index contributed by atoms with van der Waals surface area (Å²) in [4.78, 5) is 21.4. The van der Waals surface area contributed by atoms with Gasteiger partial charge in [0.25, 0.3) is 5.56 Å². The zero-order valence-corrected chi connectivity index (χ0v) is 9.62. The van der Waals surface area contributed by atoms with Crippen molar-refractivity contribution in [2.75, 3.05) is 13.1 Å². The SMILES string of the molecule is Cc1nc2c(c(=O)[nH]1)CCN(CC1CC1)C2. The van der Waals surface area contributed by atoms with E-state index in [-0.39, 0.29) is 5.56 Å². The van der Waals surface area contributed by atoms with Crippen LogP contribution in [0.3, 0.4) is 0 Å². The smallest absolute Gasteiger partial charge is 0.254 e. The summed E-state index contributed by atoms with van der Waals surface area (Å²) in [5.74, 6) is 1.64. The van der Waals surface area contributed by atoms with Crippen molar-refractivity contribution in [3.8, 4) is 0 Å². The number of rotatable bonds is 2. The van der Waals surface area contributed by atoms with E-state index in [1.54, 1.807) is 0 Å². The first-order valence-corrected chi connectivity index (χ1v) is 6.03. The van der Waals surface area contributed by atoms with Gasteiger partial charge in [0, 0.05) is 25.2 Å². The van der Waals surface area contributed by atoms with Crippen molar-refractivity contribution in [1.82, 2.24) is 14.9 Å². The van der Waals surface area contributed by atoms with Gasteiger partial charge in [0.05, 0.1) is 5.69 Å². The number of nitrogens with one attached hydrogen (secondary N) is 1. The summed E-state index contributed by atoms with van der Waals surface area (Å²) in [7, 11) is 0. The largest absolute Gasteiger partial charge is 0.311 e. The van der Waals surface area contributed by atoms with Crippen LogP contribution in [0.2, 0.25) is 0 Å². The van der Waals surface area contributed by atoms with E-state index in [1.807, 2.05) is 6.92 Å². The van der Waals surface area contributed by atoms with Gasteiger partial charge in [-0.2, -0.15) is 0 Å². The van der Waals surface area contributed by atoms with Gasteiger partial charge in [-0.25, -0.2) is 4.98 Å². The Hall–Kier alpha value is -1.16. The molecule has 1 aliphatic heterocycles. The molecule has 86 valence electrons. The highest BCUT2D eigenvalue weighted by Gasteiger charge is 2.27. The first-order chi connectivity index (χ1) is 7.72. The number of nitrogens with zero attached hydrogens (tertiary/aromatic N) is 2. The first kappa shape index (κ1) is 10.0. The second-order valence-corrected chi connectivity index (χ2v) is 5.01. The molecule has 2 heterocycles. The zero-order valence-electron chi connectivity index (χ0n) is 9.62. The average Bonchev–Trinajstić information content (AvgIpc) is 3.00. The maximum Gasteiger partial charge on any atom is 0.254 e. The van der Waals surface area contributed by atoms with Gasteiger partial charge in [0.15, 0.2) is 0 Å². The van der Waals surface area contributed by atoms with Crippen LogP contribution in [0.4, 0.5) is 0 Å². The topological polar surface area (TPSA) is 49.0 Å². The number of hydrogen-bond donors (Lipinski definition) is 1. The van der Waals surface area contributed by atoms with Crippen LogP contribution in [-0.4, -0.2) is 28.0 Å². The van der Waals surface area contributed by atoms with Crippen LogP contribution in [0.1, 0.15) is 29.9 Å². The highest BCUT2D eigenvalue weighted by molar-refractivity contribution is 5.20. The van der Waals surface area contributed by atoms with Gasteiger partial charge < -0.3 is 4.98 Å². The van der Waals surface area contributed by atoms with Crippen LogP contribution in [0, 0.1) is 12.8 Å². The van der Waals surface area contributed by atoms with E-state index in [1.165, 1.54) is 19.4 Å². The summed E-state index contributed by atoms with van der Waals surface area (Å²) in [5, 5.41) is 0. The Morgan fingerprint density at radius 3 is 3.06 bits per heavy atom. The van der Waals surface area contributed by atoms with Crippen molar-refractivity contribution in [2.45, 2.75) is 32.7 Å². The molecule has 4 heteroatoms. The molecule has 0 saturated heterocycles. The molecule has 1 fully saturated rings. The highest BCUT2D eigenvalue weighted by Crippen LogP contribution is 2.30. The lowest BCUT2D eigenvalue weighted by Gasteiger charge is -2.27. The molecule has 16 heavy (non-hydrogen) atoms. The molecule has 1 N–H and O–H groups in total. The van der Waals surface area contributed by atoms with Crippen molar-refractivity contribution >= 4 is 0 Å². The molecule has 0 amide bonds. The van der Waals surface area contributed by atoms with Crippen LogP contribution in [0.15, 0.2) is 4.79 Å². The Morgan fingerprint density at radius 1 is 1.50 bits per heavy atom. The van der Waals surface area contributed by atoms with Gasteiger partial charge in [0.2, 0.25) is 0 Å².